The summed E-state index contributed by atoms with van der Waals surface area (Å²) in [5.74, 6) is -0.866. The monoisotopic (exact) mass is 309 g/mol. The topological polar surface area (TPSA) is 40.5 Å². The van der Waals surface area contributed by atoms with Crippen molar-refractivity contribution in [2.45, 2.75) is 19.5 Å². The maximum absolute atomic E-state index is 10.9. The molecule has 2 aromatic rings. The van der Waals surface area contributed by atoms with E-state index in [2.05, 4.69) is 11.8 Å². The molecular weight excluding hydrogens is 294 g/mol. The molecule has 1 unspecified atom stereocenters. The second-order valence-corrected chi connectivity index (χ2v) is 6.32. The Bertz CT molecular complexity index is 594. The average molecular weight is 310 g/mol. The van der Waals surface area contributed by atoms with Crippen LogP contribution in [0.4, 0.5) is 0 Å². The van der Waals surface area contributed by atoms with Crippen molar-refractivity contribution in [3.8, 4) is 0 Å². The van der Waals surface area contributed by atoms with Crippen LogP contribution < -0.4 is 0 Å². The number of nitrogens with zero attached hydrogens (tertiary/aromatic N) is 1. The number of rotatable bonds is 5. The predicted molar refractivity (Wildman–Crippen MR) is 82.6 cm³/mol. The maximum Gasteiger partial charge on any atom is 0.345 e. The lowest BCUT2D eigenvalue weighted by atomic mass is 10.1. The third-order valence-corrected chi connectivity index (χ3v) is 4.60. The third kappa shape index (κ3) is 3.60. The van der Waals surface area contributed by atoms with Gasteiger partial charge in [0.2, 0.25) is 0 Å². The fourth-order valence-corrected chi connectivity index (χ4v) is 2.99. The molecule has 1 aromatic carbocycles. The number of aromatic carboxylic acids is 1. The SMILES string of the molecule is CC(c1ccc(Cl)cc1)N(C)Cc1ccc(C(=O)O)s1. The number of carboxylic acids is 1. The summed E-state index contributed by atoms with van der Waals surface area (Å²) in [6.45, 7) is 2.84. The van der Waals surface area contributed by atoms with Gasteiger partial charge in [-0.25, -0.2) is 4.79 Å². The van der Waals surface area contributed by atoms with Gasteiger partial charge in [-0.15, -0.1) is 11.3 Å². The lowest BCUT2D eigenvalue weighted by molar-refractivity contribution is 0.0702. The van der Waals surface area contributed by atoms with Gasteiger partial charge in [-0.2, -0.15) is 0 Å². The first-order valence-corrected chi connectivity index (χ1v) is 7.44. The van der Waals surface area contributed by atoms with E-state index in [1.807, 2.05) is 37.4 Å². The number of thiophene rings is 1. The van der Waals surface area contributed by atoms with E-state index in [1.54, 1.807) is 6.07 Å². The Hall–Kier alpha value is -1.36. The molecule has 1 N–H and O–H groups in total. The van der Waals surface area contributed by atoms with Crippen LogP contribution in [-0.4, -0.2) is 23.0 Å². The molecule has 0 aliphatic rings. The molecule has 0 radical (unpaired) electrons. The van der Waals surface area contributed by atoms with Gasteiger partial charge in [0.1, 0.15) is 4.88 Å². The Balaban J connectivity index is 2.04. The van der Waals surface area contributed by atoms with E-state index in [9.17, 15) is 4.79 Å². The van der Waals surface area contributed by atoms with E-state index < -0.39 is 5.97 Å². The molecule has 3 nitrogen and oxygen atoms in total. The molecule has 0 saturated heterocycles. The number of hydrogen-bond donors (Lipinski definition) is 1. The highest BCUT2D eigenvalue weighted by atomic mass is 35.5. The van der Waals surface area contributed by atoms with Crippen molar-refractivity contribution in [3.63, 3.8) is 0 Å². The van der Waals surface area contributed by atoms with Crippen LogP contribution in [0.5, 0.6) is 0 Å². The second-order valence-electron chi connectivity index (χ2n) is 4.71. The fourth-order valence-electron chi connectivity index (χ4n) is 1.96. The molecule has 2 rings (SSSR count). The minimum absolute atomic E-state index is 0.239. The van der Waals surface area contributed by atoms with Gasteiger partial charge in [-0.05, 0) is 43.8 Å². The number of carboxylic acid groups (broad SMARTS) is 1. The van der Waals surface area contributed by atoms with Crippen molar-refractivity contribution in [1.29, 1.82) is 0 Å². The van der Waals surface area contributed by atoms with Gasteiger partial charge in [0.15, 0.2) is 0 Å². The summed E-state index contributed by atoms with van der Waals surface area (Å²) in [6.07, 6.45) is 0. The summed E-state index contributed by atoms with van der Waals surface area (Å²) < 4.78 is 0. The second kappa shape index (κ2) is 6.39. The van der Waals surface area contributed by atoms with Gasteiger partial charge in [0, 0.05) is 22.5 Å². The molecule has 0 spiro atoms. The first kappa shape index (κ1) is 15.0. The molecule has 5 heteroatoms. The molecule has 1 heterocycles. The van der Waals surface area contributed by atoms with E-state index in [-0.39, 0.29) is 6.04 Å². The van der Waals surface area contributed by atoms with Crippen LogP contribution in [0.1, 0.15) is 33.1 Å². The summed E-state index contributed by atoms with van der Waals surface area (Å²) in [6, 6.07) is 11.6. The van der Waals surface area contributed by atoms with Crippen LogP contribution in [0, 0.1) is 0 Å². The van der Waals surface area contributed by atoms with Crippen LogP contribution in [0.15, 0.2) is 36.4 Å². The Labute approximate surface area is 127 Å². The van der Waals surface area contributed by atoms with Gasteiger partial charge >= 0.3 is 5.97 Å². The highest BCUT2D eigenvalue weighted by Gasteiger charge is 2.14. The highest BCUT2D eigenvalue weighted by molar-refractivity contribution is 7.13. The van der Waals surface area contributed by atoms with Crippen LogP contribution in [0.2, 0.25) is 5.02 Å². The zero-order chi connectivity index (χ0) is 14.7. The number of halogens is 1. The number of hydrogen-bond acceptors (Lipinski definition) is 3. The van der Waals surface area contributed by atoms with Gasteiger partial charge < -0.3 is 5.11 Å². The zero-order valence-electron chi connectivity index (χ0n) is 11.3. The van der Waals surface area contributed by atoms with Crippen molar-refractivity contribution >= 4 is 28.9 Å². The number of carbonyl (C=O) groups is 1. The van der Waals surface area contributed by atoms with Crippen molar-refractivity contribution in [3.05, 3.63) is 56.7 Å². The Kier molecular flexibility index (Phi) is 4.81. The molecule has 1 aromatic heterocycles. The quantitative estimate of drug-likeness (QED) is 0.895. The molecule has 0 aliphatic carbocycles. The van der Waals surface area contributed by atoms with Crippen molar-refractivity contribution in [1.82, 2.24) is 4.90 Å². The molecule has 1 atom stereocenters. The van der Waals surface area contributed by atoms with E-state index in [0.717, 1.165) is 16.4 Å². The van der Waals surface area contributed by atoms with Crippen LogP contribution in [0.3, 0.4) is 0 Å². The fraction of sp³-hybridized carbons (Fsp3) is 0.267. The predicted octanol–water partition coefficient (Wildman–Crippen LogP) is 4.29. The summed E-state index contributed by atoms with van der Waals surface area (Å²) in [4.78, 5) is 14.5. The first-order chi connectivity index (χ1) is 9.47. The van der Waals surface area contributed by atoms with Crippen LogP contribution >= 0.6 is 22.9 Å². The molecule has 0 saturated carbocycles. The molecule has 0 bridgehead atoms. The van der Waals surface area contributed by atoms with E-state index in [1.165, 1.54) is 16.9 Å². The van der Waals surface area contributed by atoms with Crippen LogP contribution in [0.25, 0.3) is 0 Å². The Morgan fingerprint density at radius 1 is 1.30 bits per heavy atom. The average Bonchev–Trinajstić information content (AvgIpc) is 2.87. The molecule has 0 fully saturated rings. The summed E-state index contributed by atoms with van der Waals surface area (Å²) in [7, 11) is 2.03. The minimum atomic E-state index is -0.866. The van der Waals surface area contributed by atoms with Crippen molar-refractivity contribution in [2.75, 3.05) is 7.05 Å². The maximum atomic E-state index is 10.9. The van der Waals surface area contributed by atoms with Gasteiger partial charge in [0.25, 0.3) is 0 Å². The minimum Gasteiger partial charge on any atom is -0.477 e. The number of benzene rings is 1. The van der Waals surface area contributed by atoms with Gasteiger partial charge in [-0.1, -0.05) is 23.7 Å². The van der Waals surface area contributed by atoms with Crippen molar-refractivity contribution < 1.29 is 9.90 Å². The normalized spacial score (nSPS) is 12.6. The molecular formula is C15H16ClNO2S. The summed E-state index contributed by atoms with van der Waals surface area (Å²) >= 11 is 7.21. The van der Waals surface area contributed by atoms with Crippen molar-refractivity contribution in [2.24, 2.45) is 0 Å². The third-order valence-electron chi connectivity index (χ3n) is 3.29. The summed E-state index contributed by atoms with van der Waals surface area (Å²) in [5.41, 5.74) is 1.19. The highest BCUT2D eigenvalue weighted by Crippen LogP contribution is 2.24. The lowest BCUT2D eigenvalue weighted by Gasteiger charge is -2.24. The molecule has 20 heavy (non-hydrogen) atoms. The smallest absolute Gasteiger partial charge is 0.345 e. The van der Waals surface area contributed by atoms with Gasteiger partial charge in [-0.3, -0.25) is 4.90 Å². The standard InChI is InChI=1S/C15H16ClNO2S/c1-10(11-3-5-12(16)6-4-11)17(2)9-13-7-8-14(20-13)15(18)19/h3-8,10H,9H2,1-2H3,(H,18,19). The molecule has 0 amide bonds. The Morgan fingerprint density at radius 2 is 1.95 bits per heavy atom. The van der Waals surface area contributed by atoms with Gasteiger partial charge in [0.05, 0.1) is 0 Å². The zero-order valence-corrected chi connectivity index (χ0v) is 12.9. The Morgan fingerprint density at radius 3 is 2.50 bits per heavy atom. The van der Waals surface area contributed by atoms with Crippen LogP contribution in [-0.2, 0) is 6.54 Å². The molecule has 0 aliphatic heterocycles. The first-order valence-electron chi connectivity index (χ1n) is 6.25. The van der Waals surface area contributed by atoms with E-state index in [0.29, 0.717) is 4.88 Å². The largest absolute Gasteiger partial charge is 0.477 e. The van der Waals surface area contributed by atoms with E-state index >= 15 is 0 Å². The lowest BCUT2D eigenvalue weighted by Crippen LogP contribution is -2.21. The molecule has 106 valence electrons. The summed E-state index contributed by atoms with van der Waals surface area (Å²) in [5, 5.41) is 9.66. The van der Waals surface area contributed by atoms with E-state index in [4.69, 9.17) is 16.7 Å².